The molecule has 0 amide bonds. The number of imidazole rings is 1. The normalized spacial score (nSPS) is 15.7. The van der Waals surface area contributed by atoms with Crippen molar-refractivity contribution in [2.24, 2.45) is 5.73 Å². The zero-order valence-electron chi connectivity index (χ0n) is 8.70. The van der Waals surface area contributed by atoms with Crippen LogP contribution in [0.1, 0.15) is 38.9 Å². The SMILES string of the molecule is CCn1ccnc1C(C)CC(C)N. The summed E-state index contributed by atoms with van der Waals surface area (Å²) in [6.45, 7) is 7.33. The quantitative estimate of drug-likeness (QED) is 0.769. The first kappa shape index (κ1) is 10.3. The number of hydrogen-bond donors (Lipinski definition) is 1. The Hall–Kier alpha value is -0.830. The number of aromatic nitrogens is 2. The summed E-state index contributed by atoms with van der Waals surface area (Å²) in [6, 6.07) is 0.247. The Labute approximate surface area is 80.0 Å². The topological polar surface area (TPSA) is 43.8 Å². The summed E-state index contributed by atoms with van der Waals surface area (Å²) in [6.07, 6.45) is 4.88. The van der Waals surface area contributed by atoms with Crippen molar-refractivity contribution < 1.29 is 0 Å². The predicted octanol–water partition coefficient (Wildman–Crippen LogP) is 1.74. The Morgan fingerprint density at radius 1 is 1.54 bits per heavy atom. The van der Waals surface area contributed by atoms with Gasteiger partial charge in [0, 0.05) is 30.9 Å². The van der Waals surface area contributed by atoms with Gasteiger partial charge in [-0.2, -0.15) is 0 Å². The molecule has 0 spiro atoms. The predicted molar refractivity (Wildman–Crippen MR) is 54.6 cm³/mol. The van der Waals surface area contributed by atoms with Crippen molar-refractivity contribution in [2.75, 3.05) is 0 Å². The Morgan fingerprint density at radius 3 is 2.77 bits per heavy atom. The lowest BCUT2D eigenvalue weighted by Gasteiger charge is -2.14. The van der Waals surface area contributed by atoms with Crippen molar-refractivity contribution >= 4 is 0 Å². The van der Waals surface area contributed by atoms with Gasteiger partial charge in [0.15, 0.2) is 0 Å². The molecule has 0 fully saturated rings. The molecule has 1 heterocycles. The fraction of sp³-hybridized carbons (Fsp3) is 0.700. The molecule has 0 aromatic carbocycles. The Morgan fingerprint density at radius 2 is 2.23 bits per heavy atom. The van der Waals surface area contributed by atoms with Crippen LogP contribution in [0.2, 0.25) is 0 Å². The van der Waals surface area contributed by atoms with Gasteiger partial charge < -0.3 is 10.3 Å². The maximum absolute atomic E-state index is 5.75. The minimum absolute atomic E-state index is 0.247. The Balaban J connectivity index is 2.69. The summed E-state index contributed by atoms with van der Waals surface area (Å²) in [4.78, 5) is 4.35. The largest absolute Gasteiger partial charge is 0.335 e. The number of rotatable bonds is 4. The van der Waals surface area contributed by atoms with E-state index in [4.69, 9.17) is 5.73 Å². The zero-order valence-corrected chi connectivity index (χ0v) is 8.70. The van der Waals surface area contributed by atoms with Crippen LogP contribution in [0, 0.1) is 0 Å². The van der Waals surface area contributed by atoms with Crippen LogP contribution in [0.5, 0.6) is 0 Å². The molecule has 3 heteroatoms. The second-order valence-corrected chi connectivity index (χ2v) is 3.69. The number of aryl methyl sites for hydroxylation is 1. The summed E-state index contributed by atoms with van der Waals surface area (Å²) in [5, 5.41) is 0. The first-order valence-electron chi connectivity index (χ1n) is 4.91. The third kappa shape index (κ3) is 2.56. The van der Waals surface area contributed by atoms with Gasteiger partial charge in [-0.05, 0) is 20.3 Å². The van der Waals surface area contributed by atoms with Crippen LogP contribution in [0.4, 0.5) is 0 Å². The Bertz CT molecular complexity index is 252. The lowest BCUT2D eigenvalue weighted by Crippen LogP contribution is -2.19. The van der Waals surface area contributed by atoms with Crippen molar-refractivity contribution in [1.82, 2.24) is 9.55 Å². The highest BCUT2D eigenvalue weighted by atomic mass is 15.1. The van der Waals surface area contributed by atoms with Gasteiger partial charge in [0.05, 0.1) is 0 Å². The molecule has 1 aromatic rings. The van der Waals surface area contributed by atoms with E-state index in [2.05, 4.69) is 23.4 Å². The molecule has 0 radical (unpaired) electrons. The highest BCUT2D eigenvalue weighted by Crippen LogP contribution is 2.17. The van der Waals surface area contributed by atoms with Crippen molar-refractivity contribution in [2.45, 2.75) is 45.7 Å². The second-order valence-electron chi connectivity index (χ2n) is 3.69. The summed E-state index contributed by atoms with van der Waals surface area (Å²) in [5.74, 6) is 1.61. The van der Waals surface area contributed by atoms with E-state index in [-0.39, 0.29) is 6.04 Å². The average molecular weight is 181 g/mol. The van der Waals surface area contributed by atoms with Crippen LogP contribution in [0.3, 0.4) is 0 Å². The molecular formula is C10H19N3. The standard InChI is InChI=1S/C10H19N3/c1-4-13-6-5-12-10(13)8(2)7-9(3)11/h5-6,8-9H,4,7,11H2,1-3H3. The van der Waals surface area contributed by atoms with Crippen molar-refractivity contribution in [3.8, 4) is 0 Å². The van der Waals surface area contributed by atoms with Crippen molar-refractivity contribution in [3.63, 3.8) is 0 Å². The van der Waals surface area contributed by atoms with Crippen LogP contribution in [-0.4, -0.2) is 15.6 Å². The molecular weight excluding hydrogens is 162 g/mol. The molecule has 0 saturated carbocycles. The van der Waals surface area contributed by atoms with E-state index in [0.717, 1.165) is 18.8 Å². The van der Waals surface area contributed by atoms with Crippen LogP contribution in [0.15, 0.2) is 12.4 Å². The van der Waals surface area contributed by atoms with E-state index in [9.17, 15) is 0 Å². The molecule has 0 aliphatic carbocycles. The summed E-state index contributed by atoms with van der Waals surface area (Å²) in [7, 11) is 0. The maximum Gasteiger partial charge on any atom is 0.111 e. The lowest BCUT2D eigenvalue weighted by atomic mass is 10.0. The van der Waals surface area contributed by atoms with Crippen molar-refractivity contribution in [1.29, 1.82) is 0 Å². The molecule has 13 heavy (non-hydrogen) atoms. The summed E-state index contributed by atoms with van der Waals surface area (Å²) in [5.41, 5.74) is 5.75. The van der Waals surface area contributed by atoms with Gasteiger partial charge in [0.25, 0.3) is 0 Å². The van der Waals surface area contributed by atoms with E-state index < -0.39 is 0 Å². The van der Waals surface area contributed by atoms with Crippen LogP contribution < -0.4 is 5.73 Å². The maximum atomic E-state index is 5.75. The third-order valence-corrected chi connectivity index (χ3v) is 2.25. The fourth-order valence-electron chi connectivity index (χ4n) is 1.68. The van der Waals surface area contributed by atoms with E-state index in [1.165, 1.54) is 0 Å². The number of nitrogens with zero attached hydrogens (tertiary/aromatic N) is 2. The molecule has 0 aliphatic rings. The van der Waals surface area contributed by atoms with Gasteiger partial charge in [-0.15, -0.1) is 0 Å². The molecule has 1 rings (SSSR count). The summed E-state index contributed by atoms with van der Waals surface area (Å²) >= 11 is 0. The minimum Gasteiger partial charge on any atom is -0.335 e. The van der Waals surface area contributed by atoms with Crippen molar-refractivity contribution in [3.05, 3.63) is 18.2 Å². The molecule has 2 unspecified atom stereocenters. The van der Waals surface area contributed by atoms with Gasteiger partial charge in [-0.25, -0.2) is 4.98 Å². The first-order chi connectivity index (χ1) is 6.15. The van der Waals surface area contributed by atoms with Crippen LogP contribution in [-0.2, 0) is 6.54 Å². The number of nitrogens with two attached hydrogens (primary N) is 1. The molecule has 0 saturated heterocycles. The Kier molecular flexibility index (Phi) is 3.48. The molecule has 0 bridgehead atoms. The van der Waals surface area contributed by atoms with Gasteiger partial charge in [-0.1, -0.05) is 6.92 Å². The van der Waals surface area contributed by atoms with Crippen LogP contribution >= 0.6 is 0 Å². The van der Waals surface area contributed by atoms with E-state index in [1.54, 1.807) is 0 Å². The highest BCUT2D eigenvalue weighted by molar-refractivity contribution is 4.99. The van der Waals surface area contributed by atoms with E-state index in [0.29, 0.717) is 5.92 Å². The van der Waals surface area contributed by atoms with Gasteiger partial charge in [0.1, 0.15) is 5.82 Å². The summed E-state index contributed by atoms with van der Waals surface area (Å²) < 4.78 is 2.17. The minimum atomic E-state index is 0.247. The smallest absolute Gasteiger partial charge is 0.111 e. The van der Waals surface area contributed by atoms with Gasteiger partial charge >= 0.3 is 0 Å². The zero-order chi connectivity index (χ0) is 9.84. The van der Waals surface area contributed by atoms with Crippen LogP contribution in [0.25, 0.3) is 0 Å². The van der Waals surface area contributed by atoms with E-state index in [1.807, 2.05) is 19.3 Å². The van der Waals surface area contributed by atoms with Gasteiger partial charge in [0.2, 0.25) is 0 Å². The highest BCUT2D eigenvalue weighted by Gasteiger charge is 2.12. The molecule has 0 aliphatic heterocycles. The first-order valence-corrected chi connectivity index (χ1v) is 4.91. The molecule has 74 valence electrons. The third-order valence-electron chi connectivity index (χ3n) is 2.25. The monoisotopic (exact) mass is 181 g/mol. The average Bonchev–Trinajstić information content (AvgIpc) is 2.49. The molecule has 1 aromatic heterocycles. The molecule has 2 atom stereocenters. The lowest BCUT2D eigenvalue weighted by molar-refractivity contribution is 0.536. The molecule has 3 nitrogen and oxygen atoms in total. The fourth-order valence-corrected chi connectivity index (χ4v) is 1.68. The number of hydrogen-bond acceptors (Lipinski definition) is 2. The second kappa shape index (κ2) is 4.42. The van der Waals surface area contributed by atoms with E-state index >= 15 is 0 Å². The molecule has 2 N–H and O–H groups in total. The van der Waals surface area contributed by atoms with Gasteiger partial charge in [-0.3, -0.25) is 0 Å².